The number of rotatable bonds is 49. The second-order valence-electron chi connectivity index (χ2n) is 18.8. The number of nitrogens with one attached hydrogen (secondary N) is 1. The Hall–Kier alpha value is -2.44. The summed E-state index contributed by atoms with van der Waals surface area (Å²) in [5.41, 5.74) is 0. The first-order valence-corrected chi connectivity index (χ1v) is 27.6. The highest BCUT2D eigenvalue weighted by atomic mass is 16.5. The van der Waals surface area contributed by atoms with Gasteiger partial charge in [-0.2, -0.15) is 0 Å². The van der Waals surface area contributed by atoms with E-state index in [4.69, 9.17) is 4.74 Å². The second kappa shape index (κ2) is 51.5. The summed E-state index contributed by atoms with van der Waals surface area (Å²) in [7, 11) is 0. The van der Waals surface area contributed by atoms with E-state index in [0.29, 0.717) is 19.3 Å². The molecule has 6 nitrogen and oxygen atoms in total. The molecule has 3 unspecified atom stereocenters. The minimum atomic E-state index is -0.792. The maximum Gasteiger partial charge on any atom is 0.306 e. The standard InChI is InChI=1S/C58H105NO5/c1-4-7-10-13-16-19-22-25-27-28-29-30-33-36-39-42-45-48-51-58(63)64-54(49-46-43-40-37-34-32-26-23-20-17-14-11-8-5-2)52-57(62)59-55(53-60)56(61)50-47-44-41-38-35-31-24-21-18-15-12-9-6-3/h10,13,16,19,22,25,27-30,54-56,60-61H,4-9,11-12,14-15,17-18,20-21,23-24,26,31-53H2,1-3H3,(H,59,62)/b13-10+,19-16+,25-22+,28-27+,30-29+. The summed E-state index contributed by atoms with van der Waals surface area (Å²) in [6.07, 6.45) is 64.1. The largest absolute Gasteiger partial charge is 0.462 e. The molecule has 1 amide bonds. The number of allylic oxidation sites excluding steroid dienone is 10. The van der Waals surface area contributed by atoms with Gasteiger partial charge in [-0.1, -0.05) is 274 Å². The summed E-state index contributed by atoms with van der Waals surface area (Å²) in [6.45, 7) is 6.41. The predicted octanol–water partition coefficient (Wildman–Crippen LogP) is 16.8. The fourth-order valence-corrected chi connectivity index (χ4v) is 8.29. The fraction of sp³-hybridized carbons (Fsp3) is 0.793. The Morgan fingerprint density at radius 1 is 0.453 bits per heavy atom. The van der Waals surface area contributed by atoms with Crippen molar-refractivity contribution in [2.45, 2.75) is 289 Å². The lowest BCUT2D eigenvalue weighted by molar-refractivity contribution is -0.151. The molecule has 0 aromatic carbocycles. The third-order valence-corrected chi connectivity index (χ3v) is 12.5. The maximum atomic E-state index is 13.2. The van der Waals surface area contributed by atoms with Gasteiger partial charge in [0.15, 0.2) is 0 Å². The highest BCUT2D eigenvalue weighted by Gasteiger charge is 2.24. The molecule has 0 spiro atoms. The summed E-state index contributed by atoms with van der Waals surface area (Å²) < 4.78 is 5.94. The number of amides is 1. The molecule has 0 heterocycles. The van der Waals surface area contributed by atoms with E-state index in [1.807, 2.05) is 24.3 Å². The van der Waals surface area contributed by atoms with Gasteiger partial charge < -0.3 is 20.3 Å². The topological polar surface area (TPSA) is 95.9 Å². The van der Waals surface area contributed by atoms with Gasteiger partial charge in [-0.05, 0) is 44.9 Å². The molecule has 0 aliphatic heterocycles. The van der Waals surface area contributed by atoms with Crippen LogP contribution in [0.25, 0.3) is 0 Å². The molecule has 0 bridgehead atoms. The van der Waals surface area contributed by atoms with Crippen LogP contribution in [0.15, 0.2) is 60.8 Å². The zero-order chi connectivity index (χ0) is 46.7. The first-order valence-electron chi connectivity index (χ1n) is 27.6. The Morgan fingerprint density at radius 2 is 0.828 bits per heavy atom. The van der Waals surface area contributed by atoms with Crippen molar-refractivity contribution in [3.05, 3.63) is 60.8 Å². The molecule has 64 heavy (non-hydrogen) atoms. The average molecular weight is 896 g/mol. The molecule has 0 radical (unpaired) electrons. The van der Waals surface area contributed by atoms with Crippen LogP contribution in [0.4, 0.5) is 0 Å². The van der Waals surface area contributed by atoms with Gasteiger partial charge in [-0.25, -0.2) is 0 Å². The number of aliphatic hydroxyl groups is 2. The van der Waals surface area contributed by atoms with Gasteiger partial charge in [0.05, 0.1) is 25.2 Å². The Morgan fingerprint density at radius 3 is 1.27 bits per heavy atom. The molecule has 0 saturated heterocycles. The van der Waals surface area contributed by atoms with E-state index in [2.05, 4.69) is 62.5 Å². The van der Waals surface area contributed by atoms with Crippen LogP contribution in [0.5, 0.6) is 0 Å². The monoisotopic (exact) mass is 896 g/mol. The van der Waals surface area contributed by atoms with Crippen LogP contribution >= 0.6 is 0 Å². The molecule has 0 aromatic heterocycles. The van der Waals surface area contributed by atoms with Crippen molar-refractivity contribution < 1.29 is 24.5 Å². The molecule has 0 aliphatic carbocycles. The van der Waals surface area contributed by atoms with Crippen molar-refractivity contribution in [3.63, 3.8) is 0 Å². The molecule has 0 saturated carbocycles. The Kier molecular flexibility index (Phi) is 49.6. The molecule has 3 N–H and O–H groups in total. The number of hydrogen-bond acceptors (Lipinski definition) is 5. The predicted molar refractivity (Wildman–Crippen MR) is 278 cm³/mol. The lowest BCUT2D eigenvalue weighted by Crippen LogP contribution is -2.46. The molecule has 3 atom stereocenters. The van der Waals surface area contributed by atoms with Crippen LogP contribution in [0.1, 0.15) is 271 Å². The summed E-state index contributed by atoms with van der Waals surface area (Å²) in [5.74, 6) is -0.493. The summed E-state index contributed by atoms with van der Waals surface area (Å²) in [5, 5.41) is 23.8. The van der Waals surface area contributed by atoms with E-state index in [9.17, 15) is 19.8 Å². The molecule has 372 valence electrons. The van der Waals surface area contributed by atoms with Crippen LogP contribution in [0.3, 0.4) is 0 Å². The Labute approximate surface area is 397 Å². The Bertz CT molecular complexity index is 1140. The molecule has 0 aromatic rings. The highest BCUT2D eigenvalue weighted by molar-refractivity contribution is 5.77. The number of carbonyl (C=O) groups is 2. The van der Waals surface area contributed by atoms with Crippen molar-refractivity contribution in [2.24, 2.45) is 0 Å². The van der Waals surface area contributed by atoms with E-state index in [1.165, 1.54) is 148 Å². The highest BCUT2D eigenvalue weighted by Crippen LogP contribution is 2.18. The van der Waals surface area contributed by atoms with E-state index in [1.54, 1.807) is 0 Å². The zero-order valence-electron chi connectivity index (χ0n) is 42.4. The molecular weight excluding hydrogens is 791 g/mol. The van der Waals surface area contributed by atoms with Gasteiger partial charge in [-0.3, -0.25) is 9.59 Å². The van der Waals surface area contributed by atoms with Crippen molar-refractivity contribution >= 4 is 11.9 Å². The second-order valence-corrected chi connectivity index (χ2v) is 18.8. The number of carbonyl (C=O) groups excluding carboxylic acids is 2. The molecule has 0 rings (SSSR count). The molecule has 0 aliphatic rings. The van der Waals surface area contributed by atoms with Crippen molar-refractivity contribution in [2.75, 3.05) is 6.61 Å². The lowest BCUT2D eigenvalue weighted by Gasteiger charge is -2.24. The van der Waals surface area contributed by atoms with E-state index in [0.717, 1.165) is 77.0 Å². The average Bonchev–Trinajstić information content (AvgIpc) is 3.29. The van der Waals surface area contributed by atoms with E-state index >= 15 is 0 Å². The summed E-state index contributed by atoms with van der Waals surface area (Å²) in [6, 6.07) is -0.707. The third-order valence-electron chi connectivity index (χ3n) is 12.5. The maximum absolute atomic E-state index is 13.2. The van der Waals surface area contributed by atoms with Crippen LogP contribution in [0.2, 0.25) is 0 Å². The Balaban J connectivity index is 4.61. The van der Waals surface area contributed by atoms with Crippen LogP contribution in [0, 0.1) is 0 Å². The minimum absolute atomic E-state index is 0.0684. The molecular formula is C58H105NO5. The van der Waals surface area contributed by atoms with Crippen LogP contribution < -0.4 is 5.32 Å². The van der Waals surface area contributed by atoms with Gasteiger partial charge in [0, 0.05) is 6.42 Å². The van der Waals surface area contributed by atoms with E-state index in [-0.39, 0.29) is 24.9 Å². The quantitative estimate of drug-likeness (QED) is 0.0321. The first-order chi connectivity index (χ1) is 31.5. The van der Waals surface area contributed by atoms with Gasteiger partial charge >= 0.3 is 5.97 Å². The lowest BCUT2D eigenvalue weighted by atomic mass is 10.0. The molecule has 6 heteroatoms. The summed E-state index contributed by atoms with van der Waals surface area (Å²) in [4.78, 5) is 26.2. The molecule has 0 fully saturated rings. The number of ether oxygens (including phenoxy) is 1. The normalized spacial score (nSPS) is 13.6. The number of hydrogen-bond donors (Lipinski definition) is 3. The zero-order valence-corrected chi connectivity index (χ0v) is 42.4. The minimum Gasteiger partial charge on any atom is -0.462 e. The van der Waals surface area contributed by atoms with Crippen LogP contribution in [-0.4, -0.2) is 46.9 Å². The van der Waals surface area contributed by atoms with Crippen LogP contribution in [-0.2, 0) is 14.3 Å². The smallest absolute Gasteiger partial charge is 0.306 e. The van der Waals surface area contributed by atoms with Crippen molar-refractivity contribution in [3.8, 4) is 0 Å². The number of esters is 1. The van der Waals surface area contributed by atoms with Crippen molar-refractivity contribution in [1.82, 2.24) is 5.32 Å². The van der Waals surface area contributed by atoms with Gasteiger partial charge in [0.1, 0.15) is 6.10 Å². The van der Waals surface area contributed by atoms with E-state index < -0.39 is 18.2 Å². The van der Waals surface area contributed by atoms with Gasteiger partial charge in [0.2, 0.25) is 5.91 Å². The fourth-order valence-electron chi connectivity index (χ4n) is 8.29. The van der Waals surface area contributed by atoms with Crippen molar-refractivity contribution in [1.29, 1.82) is 0 Å². The first kappa shape index (κ1) is 61.6. The van der Waals surface area contributed by atoms with Gasteiger partial charge in [-0.15, -0.1) is 0 Å². The SMILES string of the molecule is CCC/C=C/C=C/C=C/C=C/C=C/CCCCCCCC(=O)OC(CCCCCCCCCCCCCCCC)CC(=O)NC(CO)C(O)CCCCCCCCCCCCCCC. The number of aliphatic hydroxyl groups excluding tert-OH is 2. The summed E-state index contributed by atoms with van der Waals surface area (Å²) >= 11 is 0. The van der Waals surface area contributed by atoms with Gasteiger partial charge in [0.25, 0.3) is 0 Å². The third kappa shape index (κ3) is 46.1. The number of unbranched alkanes of at least 4 members (excludes halogenated alkanes) is 31.